The summed E-state index contributed by atoms with van der Waals surface area (Å²) < 4.78 is 10.5. The van der Waals surface area contributed by atoms with E-state index in [0.29, 0.717) is 33.8 Å². The van der Waals surface area contributed by atoms with Crippen molar-refractivity contribution in [2.45, 2.75) is 6.92 Å². The molecule has 1 aromatic carbocycles. The van der Waals surface area contributed by atoms with Crippen LogP contribution in [0.4, 0.5) is 0 Å². The zero-order valence-electron chi connectivity index (χ0n) is 9.42. The minimum absolute atomic E-state index is 0.307. The van der Waals surface area contributed by atoms with E-state index in [0.717, 1.165) is 0 Å². The maximum absolute atomic E-state index is 6.06. The van der Waals surface area contributed by atoms with Crippen LogP contribution in [-0.2, 0) is 0 Å². The van der Waals surface area contributed by atoms with Crippen molar-refractivity contribution >= 4 is 11.6 Å². The Hall–Kier alpha value is -2.14. The molecule has 0 aliphatic heterocycles. The minimum Gasteiger partial charge on any atom is -0.414 e. The van der Waals surface area contributed by atoms with Crippen molar-refractivity contribution < 1.29 is 8.94 Å². The zero-order valence-corrected chi connectivity index (χ0v) is 10.2. The Labute approximate surface area is 107 Å². The monoisotopic (exact) mass is 261 g/mol. The fourth-order valence-electron chi connectivity index (χ4n) is 1.54. The van der Waals surface area contributed by atoms with Gasteiger partial charge in [0.05, 0.1) is 10.6 Å². The molecule has 3 rings (SSSR count). The average molecular weight is 262 g/mol. The zero-order chi connectivity index (χ0) is 12.5. The first-order valence-corrected chi connectivity index (χ1v) is 5.64. The summed E-state index contributed by atoms with van der Waals surface area (Å²) in [5.41, 5.74) is 1.21. The predicted octanol–water partition coefficient (Wildman–Crippen LogP) is 3.35. The third-order valence-corrected chi connectivity index (χ3v) is 2.71. The Morgan fingerprint density at radius 2 is 1.89 bits per heavy atom. The first-order valence-electron chi connectivity index (χ1n) is 5.26. The second kappa shape index (κ2) is 4.27. The van der Waals surface area contributed by atoms with Gasteiger partial charge in [-0.25, -0.2) is 0 Å². The third kappa shape index (κ3) is 1.89. The van der Waals surface area contributed by atoms with Crippen molar-refractivity contribution in [3.63, 3.8) is 0 Å². The van der Waals surface area contributed by atoms with Gasteiger partial charge in [-0.3, -0.25) is 0 Å². The maximum atomic E-state index is 6.06. The van der Waals surface area contributed by atoms with Gasteiger partial charge in [0.1, 0.15) is 5.76 Å². The highest BCUT2D eigenvalue weighted by atomic mass is 35.5. The fraction of sp³-hybridized carbons (Fsp3) is 0.0833. The Balaban J connectivity index is 2.02. The highest BCUT2D eigenvalue weighted by Gasteiger charge is 2.15. The van der Waals surface area contributed by atoms with Crippen LogP contribution in [0.3, 0.4) is 0 Å². The van der Waals surface area contributed by atoms with Crippen LogP contribution in [0.2, 0.25) is 5.02 Å². The van der Waals surface area contributed by atoms with E-state index >= 15 is 0 Å². The Bertz CT molecular complexity index is 690. The Kier molecular flexibility index (Phi) is 2.60. The maximum Gasteiger partial charge on any atom is 0.270 e. The van der Waals surface area contributed by atoms with E-state index < -0.39 is 0 Å². The summed E-state index contributed by atoms with van der Waals surface area (Å²) in [5, 5.41) is 12.2. The SMILES string of the molecule is Cc1cc(-c2nnc(-c3ccccc3Cl)o2)no1. The molecule has 0 unspecified atom stereocenters. The molecule has 90 valence electrons. The number of hydrogen-bond acceptors (Lipinski definition) is 5. The lowest BCUT2D eigenvalue weighted by atomic mass is 10.2. The summed E-state index contributed by atoms with van der Waals surface area (Å²) in [6, 6.07) is 8.99. The molecule has 0 amide bonds. The number of aryl methyl sites for hydroxylation is 1. The van der Waals surface area contributed by atoms with E-state index in [9.17, 15) is 0 Å². The molecule has 5 nitrogen and oxygen atoms in total. The average Bonchev–Trinajstić information content (AvgIpc) is 2.98. The molecule has 0 spiro atoms. The number of hydrogen-bond donors (Lipinski definition) is 0. The van der Waals surface area contributed by atoms with Gasteiger partial charge in [-0.1, -0.05) is 28.9 Å². The topological polar surface area (TPSA) is 65.0 Å². The first kappa shape index (κ1) is 11.0. The van der Waals surface area contributed by atoms with Crippen LogP contribution in [0, 0.1) is 6.92 Å². The second-order valence-corrected chi connectivity index (χ2v) is 4.12. The predicted molar refractivity (Wildman–Crippen MR) is 65.0 cm³/mol. The van der Waals surface area contributed by atoms with Gasteiger partial charge in [0.15, 0.2) is 5.69 Å². The molecule has 0 aliphatic carbocycles. The van der Waals surface area contributed by atoms with E-state index in [1.165, 1.54) is 0 Å². The molecule has 0 aliphatic rings. The quantitative estimate of drug-likeness (QED) is 0.708. The molecule has 0 N–H and O–H groups in total. The molecule has 3 aromatic rings. The lowest BCUT2D eigenvalue weighted by molar-refractivity contribution is 0.397. The number of aromatic nitrogens is 3. The van der Waals surface area contributed by atoms with Crippen LogP contribution in [0.15, 0.2) is 39.3 Å². The molecule has 0 radical (unpaired) electrons. The number of nitrogens with zero attached hydrogens (tertiary/aromatic N) is 3. The van der Waals surface area contributed by atoms with Gasteiger partial charge in [0.2, 0.25) is 5.89 Å². The van der Waals surface area contributed by atoms with E-state index in [4.69, 9.17) is 20.5 Å². The Morgan fingerprint density at radius 3 is 2.61 bits per heavy atom. The smallest absolute Gasteiger partial charge is 0.270 e. The van der Waals surface area contributed by atoms with E-state index in [-0.39, 0.29) is 0 Å². The molecule has 0 atom stereocenters. The van der Waals surface area contributed by atoms with Crippen molar-refractivity contribution in [3.8, 4) is 23.0 Å². The molecule has 0 saturated heterocycles. The van der Waals surface area contributed by atoms with Gasteiger partial charge in [-0.05, 0) is 19.1 Å². The highest BCUT2D eigenvalue weighted by molar-refractivity contribution is 6.33. The van der Waals surface area contributed by atoms with Crippen LogP contribution in [-0.4, -0.2) is 15.4 Å². The van der Waals surface area contributed by atoms with Crippen molar-refractivity contribution in [1.82, 2.24) is 15.4 Å². The lowest BCUT2D eigenvalue weighted by Gasteiger charge is -1.96. The molecule has 2 aromatic heterocycles. The van der Waals surface area contributed by atoms with Crippen molar-refractivity contribution in [2.75, 3.05) is 0 Å². The van der Waals surface area contributed by atoms with Gasteiger partial charge in [0, 0.05) is 6.07 Å². The molecule has 0 saturated carbocycles. The van der Waals surface area contributed by atoms with Gasteiger partial charge >= 0.3 is 0 Å². The summed E-state index contributed by atoms with van der Waals surface area (Å²) >= 11 is 6.06. The lowest BCUT2D eigenvalue weighted by Crippen LogP contribution is -1.78. The van der Waals surface area contributed by atoms with Crippen molar-refractivity contribution in [3.05, 3.63) is 41.1 Å². The third-order valence-electron chi connectivity index (χ3n) is 2.38. The standard InChI is InChI=1S/C12H8ClN3O2/c1-7-6-10(16-18-7)12-15-14-11(17-12)8-4-2-3-5-9(8)13/h2-6H,1H3. The van der Waals surface area contributed by atoms with Crippen LogP contribution in [0.25, 0.3) is 23.0 Å². The van der Waals surface area contributed by atoms with Gasteiger partial charge in [-0.15, -0.1) is 10.2 Å². The van der Waals surface area contributed by atoms with Gasteiger partial charge < -0.3 is 8.94 Å². The molecule has 0 bridgehead atoms. The second-order valence-electron chi connectivity index (χ2n) is 3.72. The molecule has 6 heteroatoms. The Morgan fingerprint density at radius 1 is 1.11 bits per heavy atom. The van der Waals surface area contributed by atoms with Crippen LogP contribution < -0.4 is 0 Å². The van der Waals surface area contributed by atoms with Gasteiger partial charge in [-0.2, -0.15) is 0 Å². The summed E-state index contributed by atoms with van der Waals surface area (Å²) in [6.45, 7) is 1.79. The molecule has 2 heterocycles. The summed E-state index contributed by atoms with van der Waals surface area (Å²) in [5.74, 6) is 1.35. The van der Waals surface area contributed by atoms with Gasteiger partial charge in [0.25, 0.3) is 5.89 Å². The molecule has 18 heavy (non-hydrogen) atoms. The van der Waals surface area contributed by atoms with Crippen LogP contribution >= 0.6 is 11.6 Å². The highest BCUT2D eigenvalue weighted by Crippen LogP contribution is 2.28. The molecule has 0 fully saturated rings. The summed E-state index contributed by atoms with van der Waals surface area (Å²) in [6.07, 6.45) is 0. The van der Waals surface area contributed by atoms with Crippen LogP contribution in [0.5, 0.6) is 0 Å². The molecular weight excluding hydrogens is 254 g/mol. The number of benzene rings is 1. The summed E-state index contributed by atoms with van der Waals surface area (Å²) in [4.78, 5) is 0. The largest absolute Gasteiger partial charge is 0.414 e. The molecular formula is C12H8ClN3O2. The van der Waals surface area contributed by atoms with E-state index in [1.807, 2.05) is 18.2 Å². The normalized spacial score (nSPS) is 10.8. The van der Waals surface area contributed by atoms with Crippen molar-refractivity contribution in [2.24, 2.45) is 0 Å². The van der Waals surface area contributed by atoms with Crippen LogP contribution in [0.1, 0.15) is 5.76 Å². The van der Waals surface area contributed by atoms with E-state index in [1.54, 1.807) is 19.1 Å². The van der Waals surface area contributed by atoms with E-state index in [2.05, 4.69) is 15.4 Å². The number of rotatable bonds is 2. The number of halogens is 1. The van der Waals surface area contributed by atoms with Crippen molar-refractivity contribution in [1.29, 1.82) is 0 Å². The summed E-state index contributed by atoms with van der Waals surface area (Å²) in [7, 11) is 0. The minimum atomic E-state index is 0.307. The first-order chi connectivity index (χ1) is 8.74. The fourth-order valence-corrected chi connectivity index (χ4v) is 1.75.